The summed E-state index contributed by atoms with van der Waals surface area (Å²) in [6.07, 6.45) is 0. The molecule has 5 heteroatoms. The molecule has 0 aliphatic carbocycles. The van der Waals surface area contributed by atoms with Crippen molar-refractivity contribution in [3.63, 3.8) is 0 Å². The minimum absolute atomic E-state index is 0.124. The fourth-order valence-electron chi connectivity index (χ4n) is 3.57. The first-order valence-electron chi connectivity index (χ1n) is 10.1. The Bertz CT molecular complexity index is 1190. The molecule has 1 atom stereocenters. The second-order valence-corrected chi connectivity index (χ2v) is 8.94. The lowest BCUT2D eigenvalue weighted by Crippen LogP contribution is -2.17. The summed E-state index contributed by atoms with van der Waals surface area (Å²) < 4.78 is 0. The number of benzene rings is 3. The summed E-state index contributed by atoms with van der Waals surface area (Å²) in [5.41, 5.74) is 4.74. The lowest BCUT2D eigenvalue weighted by atomic mass is 9.96. The van der Waals surface area contributed by atoms with Gasteiger partial charge in [-0.15, -0.1) is 11.3 Å². The Hall–Kier alpha value is -3.08. The monoisotopic (exact) mass is 446 g/mol. The molecule has 3 aromatic carbocycles. The highest BCUT2D eigenvalue weighted by atomic mass is 35.5. The molecular formula is C26H23ClN2OS. The van der Waals surface area contributed by atoms with Gasteiger partial charge >= 0.3 is 0 Å². The third-order valence-electron chi connectivity index (χ3n) is 5.28. The molecule has 1 aromatic heterocycles. The van der Waals surface area contributed by atoms with Crippen LogP contribution >= 0.6 is 22.9 Å². The van der Waals surface area contributed by atoms with Gasteiger partial charge in [-0.3, -0.25) is 4.79 Å². The minimum atomic E-state index is -0.216. The summed E-state index contributed by atoms with van der Waals surface area (Å²) in [7, 11) is 0. The van der Waals surface area contributed by atoms with Gasteiger partial charge in [-0.1, -0.05) is 66.2 Å². The number of anilines is 2. The molecule has 0 spiro atoms. The number of hydrogen-bond acceptors (Lipinski definition) is 3. The Labute approximate surface area is 191 Å². The van der Waals surface area contributed by atoms with Crippen LogP contribution in [0.25, 0.3) is 0 Å². The Kier molecular flexibility index (Phi) is 6.40. The quantitative estimate of drug-likeness (QED) is 0.322. The molecule has 0 saturated heterocycles. The van der Waals surface area contributed by atoms with Crippen LogP contribution in [-0.2, 0) is 0 Å². The number of thiophene rings is 1. The molecule has 0 radical (unpaired) electrons. The van der Waals surface area contributed by atoms with Crippen LogP contribution in [-0.4, -0.2) is 5.91 Å². The zero-order valence-corrected chi connectivity index (χ0v) is 18.9. The van der Waals surface area contributed by atoms with Gasteiger partial charge in [0.15, 0.2) is 0 Å². The van der Waals surface area contributed by atoms with Crippen molar-refractivity contribution in [2.75, 3.05) is 10.6 Å². The van der Waals surface area contributed by atoms with Crippen molar-refractivity contribution in [1.82, 2.24) is 0 Å². The smallest absolute Gasteiger partial charge is 0.256 e. The van der Waals surface area contributed by atoms with Crippen LogP contribution in [0.4, 0.5) is 10.7 Å². The predicted octanol–water partition coefficient (Wildman–Crippen LogP) is 7.47. The molecule has 156 valence electrons. The van der Waals surface area contributed by atoms with Crippen LogP contribution in [0.3, 0.4) is 0 Å². The largest absolute Gasteiger partial charge is 0.374 e. The molecule has 1 amide bonds. The fourth-order valence-corrected chi connectivity index (χ4v) is 4.90. The number of aryl methyl sites for hydroxylation is 1. The number of hydrogen-bond donors (Lipinski definition) is 2. The zero-order valence-electron chi connectivity index (χ0n) is 17.4. The van der Waals surface area contributed by atoms with E-state index in [1.165, 1.54) is 0 Å². The van der Waals surface area contributed by atoms with Gasteiger partial charge in [-0.2, -0.15) is 0 Å². The fraction of sp³-hybridized carbons (Fsp3) is 0.115. The molecule has 0 fully saturated rings. The van der Waals surface area contributed by atoms with Crippen LogP contribution in [0.5, 0.6) is 0 Å². The lowest BCUT2D eigenvalue weighted by molar-refractivity contribution is 0.102. The lowest BCUT2D eigenvalue weighted by Gasteiger charge is -2.24. The standard InChI is InChI=1S/C26H23ClN2OS/c1-17-18(2)31-26(29-25(30)19-11-5-3-6-12-19)23(17)24(21-15-9-10-16-22(21)27)28-20-13-7-4-8-14-20/h3-16,24,28H,1-2H3,(H,29,30)/t24-/m1/s1. The number of nitrogens with one attached hydrogen (secondary N) is 2. The molecule has 0 saturated carbocycles. The minimum Gasteiger partial charge on any atom is -0.374 e. The van der Waals surface area contributed by atoms with Gasteiger partial charge in [-0.25, -0.2) is 0 Å². The van der Waals surface area contributed by atoms with Crippen LogP contribution in [0, 0.1) is 13.8 Å². The summed E-state index contributed by atoms with van der Waals surface area (Å²) in [5.74, 6) is -0.124. The van der Waals surface area contributed by atoms with Gasteiger partial charge in [0, 0.05) is 26.7 Å². The maximum absolute atomic E-state index is 12.9. The van der Waals surface area contributed by atoms with Crippen molar-refractivity contribution in [1.29, 1.82) is 0 Å². The van der Waals surface area contributed by atoms with Gasteiger partial charge in [0.25, 0.3) is 5.91 Å². The van der Waals surface area contributed by atoms with Crippen molar-refractivity contribution in [3.8, 4) is 0 Å². The van der Waals surface area contributed by atoms with Crippen LogP contribution in [0.1, 0.15) is 38.0 Å². The summed E-state index contributed by atoms with van der Waals surface area (Å²) in [6, 6.07) is 26.9. The summed E-state index contributed by atoms with van der Waals surface area (Å²) in [6.45, 7) is 4.17. The summed E-state index contributed by atoms with van der Waals surface area (Å²) in [4.78, 5) is 14.1. The average Bonchev–Trinajstić information content (AvgIpc) is 3.07. The molecule has 4 rings (SSSR count). The van der Waals surface area contributed by atoms with Gasteiger partial charge in [0.2, 0.25) is 0 Å². The van der Waals surface area contributed by atoms with Gasteiger partial charge in [0.1, 0.15) is 5.00 Å². The third kappa shape index (κ3) is 4.66. The van der Waals surface area contributed by atoms with Crippen LogP contribution in [0.15, 0.2) is 84.9 Å². The van der Waals surface area contributed by atoms with Gasteiger partial charge < -0.3 is 10.6 Å². The molecule has 31 heavy (non-hydrogen) atoms. The Morgan fingerprint density at radius 2 is 1.48 bits per heavy atom. The topological polar surface area (TPSA) is 41.1 Å². The molecule has 1 heterocycles. The molecule has 2 N–H and O–H groups in total. The average molecular weight is 447 g/mol. The van der Waals surface area contributed by atoms with E-state index >= 15 is 0 Å². The van der Waals surface area contributed by atoms with Crippen LogP contribution < -0.4 is 10.6 Å². The maximum atomic E-state index is 12.9. The van der Waals surface area contributed by atoms with E-state index in [2.05, 4.69) is 24.5 Å². The molecule has 0 bridgehead atoms. The van der Waals surface area contributed by atoms with E-state index in [0.29, 0.717) is 10.6 Å². The van der Waals surface area contributed by atoms with Gasteiger partial charge in [-0.05, 0) is 55.3 Å². The number of carbonyl (C=O) groups excluding carboxylic acids is 1. The molecule has 0 aliphatic rings. The van der Waals surface area contributed by atoms with E-state index in [-0.39, 0.29) is 11.9 Å². The number of amides is 1. The summed E-state index contributed by atoms with van der Waals surface area (Å²) in [5, 5.41) is 8.28. The highest BCUT2D eigenvalue weighted by Crippen LogP contribution is 2.42. The Morgan fingerprint density at radius 3 is 2.16 bits per heavy atom. The highest BCUT2D eigenvalue weighted by molar-refractivity contribution is 7.16. The first kappa shape index (κ1) is 21.2. The van der Waals surface area contributed by atoms with Gasteiger partial charge in [0.05, 0.1) is 6.04 Å². The number of carbonyl (C=O) groups is 1. The van der Waals surface area contributed by atoms with Crippen molar-refractivity contribution >= 4 is 39.5 Å². The number of rotatable bonds is 6. The van der Waals surface area contributed by atoms with Crippen molar-refractivity contribution in [3.05, 3.63) is 117 Å². The number of halogens is 1. The second-order valence-electron chi connectivity index (χ2n) is 7.31. The highest BCUT2D eigenvalue weighted by Gasteiger charge is 2.26. The molecule has 0 unspecified atom stereocenters. The van der Waals surface area contributed by atoms with E-state index in [1.807, 2.05) is 84.9 Å². The molecule has 0 aliphatic heterocycles. The van der Waals surface area contributed by atoms with E-state index in [0.717, 1.165) is 32.3 Å². The van der Waals surface area contributed by atoms with Crippen molar-refractivity contribution in [2.45, 2.75) is 19.9 Å². The molecular weight excluding hydrogens is 424 g/mol. The van der Waals surface area contributed by atoms with Crippen molar-refractivity contribution in [2.24, 2.45) is 0 Å². The molecule has 4 aromatic rings. The third-order valence-corrected chi connectivity index (χ3v) is 6.77. The SMILES string of the molecule is Cc1sc(NC(=O)c2ccccc2)c([C@H](Nc2ccccc2)c2ccccc2Cl)c1C. The van der Waals surface area contributed by atoms with E-state index in [9.17, 15) is 4.79 Å². The maximum Gasteiger partial charge on any atom is 0.256 e. The normalized spacial score (nSPS) is 11.7. The second kappa shape index (κ2) is 9.38. The Morgan fingerprint density at radius 1 is 0.871 bits per heavy atom. The van der Waals surface area contributed by atoms with E-state index < -0.39 is 0 Å². The first-order valence-corrected chi connectivity index (χ1v) is 11.3. The molecule has 3 nitrogen and oxygen atoms in total. The van der Waals surface area contributed by atoms with Crippen LogP contribution in [0.2, 0.25) is 5.02 Å². The first-order chi connectivity index (χ1) is 15.0. The Balaban J connectivity index is 1.79. The van der Waals surface area contributed by atoms with Crippen molar-refractivity contribution < 1.29 is 4.79 Å². The zero-order chi connectivity index (χ0) is 21.8. The van der Waals surface area contributed by atoms with E-state index in [1.54, 1.807) is 11.3 Å². The predicted molar refractivity (Wildman–Crippen MR) is 132 cm³/mol. The number of para-hydroxylation sites is 1. The van der Waals surface area contributed by atoms with E-state index in [4.69, 9.17) is 11.6 Å². The summed E-state index contributed by atoms with van der Waals surface area (Å²) >= 11 is 8.21.